The quantitative estimate of drug-likeness (QED) is 0.295. The molecule has 1 saturated carbocycles. The molecule has 8 heteroatoms. The number of nitrogens with zero attached hydrogens (tertiary/aromatic N) is 2. The third-order valence-electron chi connectivity index (χ3n) is 7.61. The highest BCUT2D eigenvalue weighted by Gasteiger charge is 2.36. The Morgan fingerprint density at radius 1 is 1.08 bits per heavy atom. The number of benzene rings is 2. The van der Waals surface area contributed by atoms with Crippen LogP contribution in [-0.2, 0) is 35.4 Å². The molecule has 37 heavy (non-hydrogen) atoms. The van der Waals surface area contributed by atoms with E-state index in [2.05, 4.69) is 23.0 Å². The predicted molar refractivity (Wildman–Crippen MR) is 136 cm³/mol. The Morgan fingerprint density at radius 3 is 2.46 bits per heavy atom. The maximum absolute atomic E-state index is 13.9. The Labute approximate surface area is 216 Å². The van der Waals surface area contributed by atoms with Crippen LogP contribution in [0.3, 0.4) is 0 Å². The fourth-order valence-electron chi connectivity index (χ4n) is 5.40. The van der Waals surface area contributed by atoms with Crippen LogP contribution in [0.25, 0.3) is 0 Å². The summed E-state index contributed by atoms with van der Waals surface area (Å²) in [5.41, 5.74) is 3.89. The van der Waals surface area contributed by atoms with Gasteiger partial charge in [-0.25, -0.2) is 0 Å². The maximum atomic E-state index is 13.9. The van der Waals surface area contributed by atoms with Gasteiger partial charge in [-0.1, -0.05) is 61.7 Å². The standard InChI is InChI=1S/C29H35F3N2O3/c1-3-21-13-20(9-10-24(21)15-34-16-25(17-34)28(35)36)18-37-33-19(2)23-11-12-26(22-7-5-4-6-8-22)27(14-23)29(30,31)32/h9-14,22,25H,3-8,15-18H2,1-2H3,(H,35,36)/b33-19+. The smallest absolute Gasteiger partial charge is 0.416 e. The predicted octanol–water partition coefficient (Wildman–Crippen LogP) is 6.77. The van der Waals surface area contributed by atoms with Crippen LogP contribution in [0.1, 0.15) is 85.3 Å². The van der Waals surface area contributed by atoms with Crippen molar-refractivity contribution in [2.75, 3.05) is 13.1 Å². The van der Waals surface area contributed by atoms with E-state index in [4.69, 9.17) is 9.94 Å². The first-order valence-electron chi connectivity index (χ1n) is 13.1. The Balaban J connectivity index is 1.40. The Hall–Kier alpha value is -2.87. The minimum Gasteiger partial charge on any atom is -0.481 e. The molecule has 1 aliphatic heterocycles. The van der Waals surface area contributed by atoms with E-state index in [0.717, 1.165) is 55.2 Å². The molecule has 2 aromatic rings. The number of carboxylic acid groups (broad SMARTS) is 1. The second-order valence-corrected chi connectivity index (χ2v) is 10.3. The molecule has 4 rings (SSSR count). The molecule has 1 saturated heterocycles. The number of oxime groups is 1. The molecule has 0 spiro atoms. The molecule has 2 fully saturated rings. The van der Waals surface area contributed by atoms with Crippen LogP contribution in [0.4, 0.5) is 13.2 Å². The Bertz CT molecular complexity index is 1130. The van der Waals surface area contributed by atoms with Crippen molar-refractivity contribution in [1.82, 2.24) is 4.90 Å². The molecule has 1 heterocycles. The van der Waals surface area contributed by atoms with E-state index < -0.39 is 17.7 Å². The lowest BCUT2D eigenvalue weighted by Crippen LogP contribution is -2.49. The molecule has 1 N–H and O–H groups in total. The largest absolute Gasteiger partial charge is 0.481 e. The molecular weight excluding hydrogens is 481 g/mol. The number of halogens is 3. The number of carbonyl (C=O) groups is 1. The fraction of sp³-hybridized carbons (Fsp3) is 0.517. The summed E-state index contributed by atoms with van der Waals surface area (Å²) in [5.74, 6) is -1.07. The summed E-state index contributed by atoms with van der Waals surface area (Å²) in [6.07, 6.45) is 1.07. The van der Waals surface area contributed by atoms with Crippen LogP contribution in [0.2, 0.25) is 0 Å². The van der Waals surface area contributed by atoms with Crippen molar-refractivity contribution in [3.05, 3.63) is 69.8 Å². The molecule has 1 aliphatic carbocycles. The summed E-state index contributed by atoms with van der Waals surface area (Å²) in [6.45, 7) is 5.78. The third kappa shape index (κ3) is 6.72. The molecular formula is C29H35F3N2O3. The van der Waals surface area contributed by atoms with Crippen LogP contribution < -0.4 is 0 Å². The van der Waals surface area contributed by atoms with E-state index in [-0.39, 0.29) is 18.4 Å². The molecule has 0 amide bonds. The lowest BCUT2D eigenvalue weighted by atomic mass is 9.81. The Kier molecular flexibility index (Phi) is 8.57. The van der Waals surface area contributed by atoms with E-state index in [1.165, 1.54) is 6.07 Å². The lowest BCUT2D eigenvalue weighted by molar-refractivity contribution is -0.147. The highest BCUT2D eigenvalue weighted by atomic mass is 19.4. The monoisotopic (exact) mass is 516 g/mol. The van der Waals surface area contributed by atoms with Crippen molar-refractivity contribution in [2.45, 2.75) is 77.6 Å². The molecule has 0 unspecified atom stereocenters. The first-order chi connectivity index (χ1) is 17.7. The number of hydrogen-bond acceptors (Lipinski definition) is 4. The van der Waals surface area contributed by atoms with Gasteiger partial charge < -0.3 is 9.94 Å². The van der Waals surface area contributed by atoms with Crippen LogP contribution >= 0.6 is 0 Å². The number of carboxylic acids is 1. The van der Waals surface area contributed by atoms with Crippen LogP contribution in [0, 0.1) is 5.92 Å². The van der Waals surface area contributed by atoms with Gasteiger partial charge in [0, 0.05) is 19.6 Å². The third-order valence-corrected chi connectivity index (χ3v) is 7.61. The minimum absolute atomic E-state index is 0.0386. The highest BCUT2D eigenvalue weighted by Crippen LogP contribution is 2.41. The van der Waals surface area contributed by atoms with E-state index in [1.807, 2.05) is 12.1 Å². The number of aryl methyl sites for hydroxylation is 1. The molecule has 0 radical (unpaired) electrons. The van der Waals surface area contributed by atoms with Crippen molar-refractivity contribution < 1.29 is 27.9 Å². The summed E-state index contributed by atoms with van der Waals surface area (Å²) < 4.78 is 41.7. The zero-order chi connectivity index (χ0) is 26.6. The second kappa shape index (κ2) is 11.7. The zero-order valence-corrected chi connectivity index (χ0v) is 21.5. The van der Waals surface area contributed by atoms with E-state index in [1.54, 1.807) is 19.1 Å². The van der Waals surface area contributed by atoms with Gasteiger partial charge in [0.1, 0.15) is 6.61 Å². The minimum atomic E-state index is -4.41. The SMILES string of the molecule is CCc1cc(CO/N=C(\C)c2ccc(C3CCCCC3)c(C(F)(F)F)c2)ccc1CN1CC(C(=O)O)C1. The number of alkyl halides is 3. The summed E-state index contributed by atoms with van der Waals surface area (Å²) in [5, 5.41) is 13.2. The van der Waals surface area contributed by atoms with Gasteiger partial charge in [-0.3, -0.25) is 9.69 Å². The molecule has 0 aromatic heterocycles. The fourth-order valence-corrected chi connectivity index (χ4v) is 5.40. The van der Waals surface area contributed by atoms with E-state index in [0.29, 0.717) is 36.5 Å². The zero-order valence-electron chi connectivity index (χ0n) is 21.5. The second-order valence-electron chi connectivity index (χ2n) is 10.3. The van der Waals surface area contributed by atoms with Gasteiger partial charge >= 0.3 is 12.1 Å². The van der Waals surface area contributed by atoms with Gasteiger partial charge in [-0.05, 0) is 66.0 Å². The average molecular weight is 517 g/mol. The number of rotatable bonds is 9. The van der Waals surface area contributed by atoms with Crippen molar-refractivity contribution in [3.8, 4) is 0 Å². The summed E-state index contributed by atoms with van der Waals surface area (Å²) in [4.78, 5) is 18.7. The molecule has 0 atom stereocenters. The topological polar surface area (TPSA) is 62.1 Å². The van der Waals surface area contributed by atoms with Gasteiger partial charge in [0.05, 0.1) is 17.2 Å². The normalized spacial score (nSPS) is 18.0. The van der Waals surface area contributed by atoms with Crippen molar-refractivity contribution in [1.29, 1.82) is 0 Å². The molecule has 0 bridgehead atoms. The summed E-state index contributed by atoms with van der Waals surface area (Å²) in [7, 11) is 0. The summed E-state index contributed by atoms with van der Waals surface area (Å²) in [6, 6.07) is 10.6. The first-order valence-corrected chi connectivity index (χ1v) is 13.1. The van der Waals surface area contributed by atoms with Gasteiger partial charge in [-0.2, -0.15) is 13.2 Å². The number of aliphatic carboxylic acids is 1. The van der Waals surface area contributed by atoms with Gasteiger partial charge in [0.25, 0.3) is 0 Å². The van der Waals surface area contributed by atoms with E-state index in [9.17, 15) is 18.0 Å². The Morgan fingerprint density at radius 2 is 1.81 bits per heavy atom. The van der Waals surface area contributed by atoms with Gasteiger partial charge in [-0.15, -0.1) is 0 Å². The number of likely N-dealkylation sites (tertiary alicyclic amines) is 1. The molecule has 2 aliphatic rings. The van der Waals surface area contributed by atoms with Crippen molar-refractivity contribution >= 4 is 11.7 Å². The van der Waals surface area contributed by atoms with Gasteiger partial charge in [0.2, 0.25) is 0 Å². The van der Waals surface area contributed by atoms with E-state index >= 15 is 0 Å². The van der Waals surface area contributed by atoms with Crippen molar-refractivity contribution in [3.63, 3.8) is 0 Å². The molecule has 2 aromatic carbocycles. The first kappa shape index (κ1) is 27.2. The highest BCUT2D eigenvalue weighted by molar-refractivity contribution is 5.98. The van der Waals surface area contributed by atoms with Crippen LogP contribution in [0.15, 0.2) is 41.6 Å². The molecule has 5 nitrogen and oxygen atoms in total. The lowest BCUT2D eigenvalue weighted by Gasteiger charge is -2.37. The summed E-state index contributed by atoms with van der Waals surface area (Å²) >= 11 is 0. The van der Waals surface area contributed by atoms with Crippen LogP contribution in [-0.4, -0.2) is 34.8 Å². The molecule has 200 valence electrons. The van der Waals surface area contributed by atoms with Gasteiger partial charge in [0.15, 0.2) is 0 Å². The maximum Gasteiger partial charge on any atom is 0.416 e. The van der Waals surface area contributed by atoms with Crippen LogP contribution in [0.5, 0.6) is 0 Å². The number of hydrogen-bond donors (Lipinski definition) is 1. The van der Waals surface area contributed by atoms with Crippen molar-refractivity contribution in [2.24, 2.45) is 11.1 Å². The average Bonchev–Trinajstić information content (AvgIpc) is 2.85.